The number of aliphatic hydroxyl groups is 5. The van der Waals surface area contributed by atoms with Gasteiger partial charge in [0.25, 0.3) is 0 Å². The van der Waals surface area contributed by atoms with Crippen molar-refractivity contribution in [1.29, 1.82) is 0 Å². The molecule has 17 heteroatoms. The second-order valence-electron chi connectivity index (χ2n) is 8.39. The summed E-state index contributed by atoms with van der Waals surface area (Å²) in [6.45, 7) is 0. The van der Waals surface area contributed by atoms with E-state index in [9.17, 15) is 55.2 Å². The smallest absolute Gasteiger partial charge is 0.335 e. The molecule has 3 saturated heterocycles. The molecule has 206 valence electrons. The highest BCUT2D eigenvalue weighted by Crippen LogP contribution is 2.32. The van der Waals surface area contributed by atoms with Crippen LogP contribution in [0.1, 0.15) is 12.8 Å². The molecule has 8 N–H and O–H groups in total. The van der Waals surface area contributed by atoms with Crippen LogP contribution in [-0.2, 0) is 42.8 Å². The quantitative estimate of drug-likeness (QED) is 0.147. The Balaban J connectivity index is 1.75. The van der Waals surface area contributed by atoms with E-state index in [1.807, 2.05) is 0 Å². The minimum absolute atomic E-state index is 0.0416. The van der Waals surface area contributed by atoms with Crippen LogP contribution in [0.3, 0.4) is 0 Å². The molecular weight excluding hydrogens is 500 g/mol. The minimum Gasteiger partial charge on any atom is -0.479 e. The van der Waals surface area contributed by atoms with Crippen LogP contribution in [0.5, 0.6) is 0 Å². The highest BCUT2D eigenvalue weighted by molar-refractivity contribution is 5.74. The van der Waals surface area contributed by atoms with Crippen molar-refractivity contribution in [2.75, 3.05) is 7.11 Å². The third-order valence-corrected chi connectivity index (χ3v) is 6.06. The maximum Gasteiger partial charge on any atom is 0.335 e. The van der Waals surface area contributed by atoms with Crippen molar-refractivity contribution in [3.05, 3.63) is 0 Å². The van der Waals surface area contributed by atoms with Gasteiger partial charge in [-0.3, -0.25) is 0 Å². The maximum absolute atomic E-state index is 11.8. The Bertz CT molecular complexity index is 807. The largest absolute Gasteiger partial charge is 0.479 e. The summed E-state index contributed by atoms with van der Waals surface area (Å²) in [7, 11) is 1.28. The maximum atomic E-state index is 11.8. The van der Waals surface area contributed by atoms with Gasteiger partial charge in [-0.05, 0) is 6.42 Å². The zero-order valence-electron chi connectivity index (χ0n) is 18.7. The Labute approximate surface area is 202 Å². The second kappa shape index (κ2) is 11.6. The fourth-order valence-electron chi connectivity index (χ4n) is 4.16. The van der Waals surface area contributed by atoms with Crippen molar-refractivity contribution in [3.63, 3.8) is 0 Å². The van der Waals surface area contributed by atoms with Crippen LogP contribution in [-0.4, -0.2) is 146 Å². The van der Waals surface area contributed by atoms with E-state index in [1.54, 1.807) is 0 Å². The number of aliphatic carboxylic acids is 3. The summed E-state index contributed by atoms with van der Waals surface area (Å²) < 4.78 is 30.9. The molecule has 3 rings (SSSR count). The van der Waals surface area contributed by atoms with Crippen molar-refractivity contribution < 1.29 is 83.7 Å². The Morgan fingerprint density at radius 1 is 0.667 bits per heavy atom. The van der Waals surface area contributed by atoms with Crippen molar-refractivity contribution in [1.82, 2.24) is 0 Å². The lowest BCUT2D eigenvalue weighted by Crippen LogP contribution is -2.66. The van der Waals surface area contributed by atoms with Gasteiger partial charge in [0.05, 0.1) is 6.10 Å². The molecule has 0 amide bonds. The van der Waals surface area contributed by atoms with Crippen LogP contribution < -0.4 is 0 Å². The van der Waals surface area contributed by atoms with E-state index in [-0.39, 0.29) is 12.8 Å². The topological polar surface area (TPSA) is 268 Å². The van der Waals surface area contributed by atoms with Gasteiger partial charge >= 0.3 is 17.9 Å². The van der Waals surface area contributed by atoms with Gasteiger partial charge in [0, 0.05) is 13.5 Å². The summed E-state index contributed by atoms with van der Waals surface area (Å²) in [6.07, 6.45) is -23.7. The number of aliphatic hydroxyl groups excluding tert-OH is 5. The van der Waals surface area contributed by atoms with Gasteiger partial charge in [0.2, 0.25) is 0 Å². The number of carboxylic acids is 3. The van der Waals surface area contributed by atoms with E-state index in [0.717, 1.165) is 0 Å². The zero-order valence-corrected chi connectivity index (χ0v) is 18.7. The molecule has 0 saturated carbocycles. The lowest BCUT2D eigenvalue weighted by atomic mass is 9.96. The van der Waals surface area contributed by atoms with E-state index in [2.05, 4.69) is 0 Å². The Morgan fingerprint density at radius 2 is 1.19 bits per heavy atom. The molecule has 0 radical (unpaired) electrons. The molecule has 0 aromatic rings. The molecule has 3 aliphatic heterocycles. The molecule has 3 aliphatic rings. The van der Waals surface area contributed by atoms with E-state index < -0.39 is 97.8 Å². The first-order valence-corrected chi connectivity index (χ1v) is 10.8. The molecule has 3 fully saturated rings. The lowest BCUT2D eigenvalue weighted by Gasteiger charge is -2.45. The number of rotatable bonds is 8. The van der Waals surface area contributed by atoms with Crippen LogP contribution in [0.4, 0.5) is 0 Å². The highest BCUT2D eigenvalue weighted by Gasteiger charge is 2.55. The number of carboxylic acid groups (broad SMARTS) is 3. The molecule has 17 nitrogen and oxygen atoms in total. The minimum atomic E-state index is -2.09. The van der Waals surface area contributed by atoms with E-state index in [4.69, 9.17) is 28.4 Å². The number of methoxy groups -OCH3 is 1. The lowest BCUT2D eigenvalue weighted by molar-refractivity contribution is -0.359. The number of hydrogen-bond donors (Lipinski definition) is 8. The monoisotopic (exact) mass is 528 g/mol. The average molecular weight is 528 g/mol. The first-order chi connectivity index (χ1) is 16.9. The summed E-state index contributed by atoms with van der Waals surface area (Å²) in [6, 6.07) is 0. The van der Waals surface area contributed by atoms with Gasteiger partial charge in [-0.1, -0.05) is 0 Å². The van der Waals surface area contributed by atoms with E-state index in [1.165, 1.54) is 7.11 Å². The van der Waals surface area contributed by atoms with Crippen LogP contribution in [0.25, 0.3) is 0 Å². The average Bonchev–Trinajstić information content (AvgIpc) is 2.82. The first-order valence-electron chi connectivity index (χ1n) is 10.8. The Hall–Kier alpha value is -2.03. The Morgan fingerprint density at radius 3 is 1.75 bits per heavy atom. The third kappa shape index (κ3) is 5.76. The molecule has 0 bridgehead atoms. The first kappa shape index (κ1) is 28.5. The molecule has 13 atom stereocenters. The highest BCUT2D eigenvalue weighted by atomic mass is 16.8. The number of hydrogen-bond acceptors (Lipinski definition) is 14. The van der Waals surface area contributed by atoms with Crippen LogP contribution in [0, 0.1) is 0 Å². The normalized spacial score (nSPS) is 45.7. The third-order valence-electron chi connectivity index (χ3n) is 6.06. The van der Waals surface area contributed by atoms with Crippen LogP contribution in [0.15, 0.2) is 0 Å². The van der Waals surface area contributed by atoms with Gasteiger partial charge < -0.3 is 69.3 Å². The van der Waals surface area contributed by atoms with E-state index >= 15 is 0 Å². The summed E-state index contributed by atoms with van der Waals surface area (Å²) >= 11 is 0. The van der Waals surface area contributed by atoms with Crippen molar-refractivity contribution in [3.8, 4) is 0 Å². The fraction of sp³-hybridized carbons (Fsp3) is 0.842. The van der Waals surface area contributed by atoms with Gasteiger partial charge in [0.1, 0.15) is 36.6 Å². The van der Waals surface area contributed by atoms with Crippen molar-refractivity contribution >= 4 is 17.9 Å². The van der Waals surface area contributed by atoms with Gasteiger partial charge in [-0.2, -0.15) is 0 Å². The molecule has 13 unspecified atom stereocenters. The fourth-order valence-corrected chi connectivity index (χ4v) is 4.16. The molecule has 0 aliphatic carbocycles. The van der Waals surface area contributed by atoms with Gasteiger partial charge in [0.15, 0.2) is 37.2 Å². The standard InChI is InChI=1S/C19H28O17/c1-31-4-2-3-5(32-10(4)15(24)25)33-11-7(21)9(23)19(36-14(11)17(28)29)35-12-6(20)8(22)18(30)34-13(12)16(26)27/h4-14,18-23,30H,2-3H2,1H3,(H,24,25)(H,26,27)(H,28,29). The molecule has 0 spiro atoms. The predicted octanol–water partition coefficient (Wildman–Crippen LogP) is -4.58. The van der Waals surface area contributed by atoms with Crippen LogP contribution in [0.2, 0.25) is 0 Å². The second-order valence-corrected chi connectivity index (χ2v) is 8.39. The zero-order chi connectivity index (χ0) is 26.9. The molecule has 36 heavy (non-hydrogen) atoms. The predicted molar refractivity (Wildman–Crippen MR) is 105 cm³/mol. The van der Waals surface area contributed by atoms with Crippen LogP contribution >= 0.6 is 0 Å². The van der Waals surface area contributed by atoms with Gasteiger partial charge in [-0.15, -0.1) is 0 Å². The van der Waals surface area contributed by atoms with Gasteiger partial charge in [-0.25, -0.2) is 14.4 Å². The summed E-state index contributed by atoms with van der Waals surface area (Å²) in [4.78, 5) is 34.8. The number of ether oxygens (including phenoxy) is 6. The van der Waals surface area contributed by atoms with E-state index in [0.29, 0.717) is 0 Å². The van der Waals surface area contributed by atoms with Crippen molar-refractivity contribution in [2.24, 2.45) is 0 Å². The SMILES string of the molecule is COC1CCC(OC2C(C(=O)O)OC(OC3C(C(=O)O)OC(O)C(O)C3O)C(O)C2O)OC1C(=O)O. The molecule has 0 aromatic heterocycles. The van der Waals surface area contributed by atoms with Crippen molar-refractivity contribution in [2.45, 2.75) is 92.8 Å². The number of carbonyl (C=O) groups is 3. The molecular formula is C19H28O17. The summed E-state index contributed by atoms with van der Waals surface area (Å²) in [5, 5.41) is 78.8. The summed E-state index contributed by atoms with van der Waals surface area (Å²) in [5.74, 6) is -4.80. The Kier molecular flexibility index (Phi) is 9.17. The summed E-state index contributed by atoms with van der Waals surface area (Å²) in [5.41, 5.74) is 0. The molecule has 0 aromatic carbocycles. The molecule has 3 heterocycles.